The Bertz CT molecular complexity index is 1220. The van der Waals surface area contributed by atoms with E-state index in [1.807, 2.05) is 66.7 Å². The van der Waals surface area contributed by atoms with Crippen molar-refractivity contribution in [1.29, 1.82) is 0 Å². The highest BCUT2D eigenvalue weighted by Crippen LogP contribution is 2.05. The first kappa shape index (κ1) is 30.6. The molecule has 0 aliphatic carbocycles. The summed E-state index contributed by atoms with van der Waals surface area (Å²) in [4.78, 5) is 48.3. The van der Waals surface area contributed by atoms with Gasteiger partial charge in [0.1, 0.15) is 32.9 Å². The van der Waals surface area contributed by atoms with E-state index in [0.29, 0.717) is 0 Å². The van der Waals surface area contributed by atoms with E-state index in [-0.39, 0.29) is 33.0 Å². The molecule has 0 radical (unpaired) electrons. The number of ether oxygens (including phenoxy) is 5. The van der Waals surface area contributed by atoms with Gasteiger partial charge in [-0.3, -0.25) is 9.59 Å². The molecule has 2 amide bonds. The third-order valence-electron chi connectivity index (χ3n) is 5.33. The maximum Gasteiger partial charge on any atom is 0.408 e. The minimum atomic E-state index is -1.00. The van der Waals surface area contributed by atoms with E-state index in [1.54, 1.807) is 24.3 Å². The van der Waals surface area contributed by atoms with Gasteiger partial charge in [-0.25, -0.2) is 9.59 Å². The van der Waals surface area contributed by atoms with Crippen molar-refractivity contribution in [3.8, 4) is 0 Å². The second-order valence-corrected chi connectivity index (χ2v) is 8.63. The van der Waals surface area contributed by atoms with E-state index in [1.165, 1.54) is 0 Å². The fraction of sp³-hybridized carbons (Fsp3) is 0.267. The first-order valence-corrected chi connectivity index (χ1v) is 12.8. The molecule has 1 unspecified atom stereocenters. The number of esters is 2. The predicted octanol–water partition coefficient (Wildman–Crippen LogP) is 3.51. The maximum atomic E-state index is 12.3. The summed E-state index contributed by atoms with van der Waals surface area (Å²) >= 11 is 0. The molecule has 0 aliphatic heterocycles. The lowest BCUT2D eigenvalue weighted by Gasteiger charge is -2.18. The molecule has 3 rings (SSSR count). The number of carbonyl (C=O) groups excluding carboxylic acids is 4. The van der Waals surface area contributed by atoms with E-state index >= 15 is 0 Å². The molecule has 0 spiro atoms. The van der Waals surface area contributed by atoms with Crippen LogP contribution in [0.3, 0.4) is 0 Å². The second-order valence-electron chi connectivity index (χ2n) is 8.63. The van der Waals surface area contributed by atoms with E-state index in [2.05, 4.69) is 10.6 Å². The number of benzene rings is 3. The van der Waals surface area contributed by atoms with Gasteiger partial charge >= 0.3 is 24.1 Å². The van der Waals surface area contributed by atoms with Gasteiger partial charge in [-0.15, -0.1) is 0 Å². The SMILES string of the molecule is O=C(CNC(=O)OCC(COCc1ccccc1)OC(=O)NCC(=O)OCc1ccccc1)OCc1ccccc1. The van der Waals surface area contributed by atoms with Crippen LogP contribution >= 0.6 is 0 Å². The van der Waals surface area contributed by atoms with Crippen molar-refractivity contribution in [3.63, 3.8) is 0 Å². The van der Waals surface area contributed by atoms with Gasteiger partial charge in [-0.1, -0.05) is 91.0 Å². The zero-order valence-corrected chi connectivity index (χ0v) is 22.4. The number of rotatable bonds is 15. The Morgan fingerprint density at radius 3 is 1.46 bits per heavy atom. The largest absolute Gasteiger partial charge is 0.460 e. The monoisotopic (exact) mass is 564 g/mol. The van der Waals surface area contributed by atoms with Gasteiger partial charge in [0.05, 0.1) is 13.2 Å². The van der Waals surface area contributed by atoms with Gasteiger partial charge in [0.25, 0.3) is 0 Å². The highest BCUT2D eigenvalue weighted by molar-refractivity contribution is 5.78. The van der Waals surface area contributed by atoms with Gasteiger partial charge in [-0.05, 0) is 16.7 Å². The van der Waals surface area contributed by atoms with Gasteiger partial charge in [-0.2, -0.15) is 0 Å². The van der Waals surface area contributed by atoms with Crippen LogP contribution in [0.25, 0.3) is 0 Å². The van der Waals surface area contributed by atoms with Crippen LogP contribution in [0.5, 0.6) is 0 Å². The molecule has 11 nitrogen and oxygen atoms in total. The Labute approximate surface area is 237 Å². The Morgan fingerprint density at radius 1 is 0.537 bits per heavy atom. The van der Waals surface area contributed by atoms with Crippen LogP contribution in [0.2, 0.25) is 0 Å². The molecular weight excluding hydrogens is 532 g/mol. The summed E-state index contributed by atoms with van der Waals surface area (Å²) in [5.74, 6) is -1.30. The van der Waals surface area contributed by atoms with Crippen molar-refractivity contribution >= 4 is 24.1 Å². The Balaban J connectivity index is 1.40. The molecule has 0 fully saturated rings. The van der Waals surface area contributed by atoms with Crippen LogP contribution in [0.15, 0.2) is 91.0 Å². The molecule has 216 valence electrons. The number of hydrogen-bond acceptors (Lipinski definition) is 9. The predicted molar refractivity (Wildman–Crippen MR) is 146 cm³/mol. The van der Waals surface area contributed by atoms with E-state index < -0.39 is 43.3 Å². The molecule has 0 heterocycles. The number of nitrogens with one attached hydrogen (secondary N) is 2. The van der Waals surface area contributed by atoms with E-state index in [9.17, 15) is 19.2 Å². The summed E-state index contributed by atoms with van der Waals surface area (Å²) in [5.41, 5.74) is 2.50. The fourth-order valence-electron chi connectivity index (χ4n) is 3.28. The smallest absolute Gasteiger partial charge is 0.408 e. The topological polar surface area (TPSA) is 138 Å². The summed E-state index contributed by atoms with van der Waals surface area (Å²) < 4.78 is 26.2. The molecule has 2 N–H and O–H groups in total. The molecular formula is C30H32N2O9. The summed E-state index contributed by atoms with van der Waals surface area (Å²) in [6.45, 7) is -0.940. The van der Waals surface area contributed by atoms with Crippen LogP contribution in [0.1, 0.15) is 16.7 Å². The van der Waals surface area contributed by atoms with Crippen LogP contribution < -0.4 is 10.6 Å². The van der Waals surface area contributed by atoms with Gasteiger partial charge in [0, 0.05) is 0 Å². The highest BCUT2D eigenvalue weighted by Gasteiger charge is 2.19. The van der Waals surface area contributed by atoms with Gasteiger partial charge in [0.2, 0.25) is 0 Å². The lowest BCUT2D eigenvalue weighted by atomic mass is 10.2. The van der Waals surface area contributed by atoms with Gasteiger partial charge in [0.15, 0.2) is 6.10 Å². The zero-order chi connectivity index (χ0) is 29.1. The average Bonchev–Trinajstić information content (AvgIpc) is 3.01. The first-order chi connectivity index (χ1) is 20.0. The molecule has 11 heteroatoms. The molecule has 0 aliphatic rings. The van der Waals surface area contributed by atoms with E-state index in [4.69, 9.17) is 23.7 Å². The molecule has 3 aromatic carbocycles. The third kappa shape index (κ3) is 13.1. The Kier molecular flexibility index (Phi) is 13.2. The highest BCUT2D eigenvalue weighted by atomic mass is 16.6. The lowest BCUT2D eigenvalue weighted by Crippen LogP contribution is -2.38. The van der Waals surface area contributed by atoms with Crippen molar-refractivity contribution in [2.24, 2.45) is 0 Å². The lowest BCUT2D eigenvalue weighted by molar-refractivity contribution is -0.144. The van der Waals surface area contributed by atoms with Crippen LogP contribution in [0.4, 0.5) is 9.59 Å². The second kappa shape index (κ2) is 17.6. The summed E-state index contributed by atoms with van der Waals surface area (Å²) in [6, 6.07) is 27.5. The molecule has 0 aromatic heterocycles. The normalized spacial score (nSPS) is 11.0. The van der Waals surface area contributed by atoms with Gasteiger partial charge < -0.3 is 34.3 Å². The summed E-state index contributed by atoms with van der Waals surface area (Å²) in [6.07, 6.45) is -2.85. The molecule has 0 saturated carbocycles. The van der Waals surface area contributed by atoms with Crippen LogP contribution in [0, 0.1) is 0 Å². The van der Waals surface area contributed by atoms with Crippen LogP contribution in [-0.2, 0) is 53.1 Å². The number of carbonyl (C=O) groups is 4. The van der Waals surface area contributed by atoms with Crippen molar-refractivity contribution in [3.05, 3.63) is 108 Å². The first-order valence-electron chi connectivity index (χ1n) is 12.8. The molecule has 0 saturated heterocycles. The van der Waals surface area contributed by atoms with Crippen molar-refractivity contribution in [1.82, 2.24) is 10.6 Å². The standard InChI is InChI=1S/C30H32N2O9/c33-27(38-19-24-12-6-2-7-13-24)16-31-29(35)40-22-26(21-37-18-23-10-4-1-5-11-23)41-30(36)32-17-28(34)39-20-25-14-8-3-9-15-25/h1-15,26H,16-22H2,(H,31,35)(H,32,36). The number of alkyl carbamates (subject to hydrolysis) is 2. The molecule has 1 atom stereocenters. The maximum absolute atomic E-state index is 12.3. The number of hydrogen-bond donors (Lipinski definition) is 2. The quantitative estimate of drug-likeness (QED) is 0.210. The third-order valence-corrected chi connectivity index (χ3v) is 5.33. The minimum Gasteiger partial charge on any atom is -0.460 e. The average molecular weight is 565 g/mol. The summed E-state index contributed by atoms with van der Waals surface area (Å²) in [5, 5.41) is 4.59. The summed E-state index contributed by atoms with van der Waals surface area (Å²) in [7, 11) is 0. The molecule has 0 bridgehead atoms. The minimum absolute atomic E-state index is 0.0646. The van der Waals surface area contributed by atoms with Crippen molar-refractivity contribution in [2.45, 2.75) is 25.9 Å². The van der Waals surface area contributed by atoms with Crippen molar-refractivity contribution in [2.75, 3.05) is 26.3 Å². The molecule has 41 heavy (non-hydrogen) atoms. The van der Waals surface area contributed by atoms with Crippen molar-refractivity contribution < 1.29 is 42.9 Å². The fourth-order valence-corrected chi connectivity index (χ4v) is 3.28. The zero-order valence-electron chi connectivity index (χ0n) is 22.4. The van der Waals surface area contributed by atoms with Crippen LogP contribution in [-0.4, -0.2) is 56.5 Å². The Hall–Kier alpha value is -4.90. The molecule has 3 aromatic rings. The van der Waals surface area contributed by atoms with E-state index in [0.717, 1.165) is 16.7 Å². The Morgan fingerprint density at radius 2 is 0.976 bits per heavy atom. The number of amides is 2.